The van der Waals surface area contributed by atoms with Crippen LogP contribution in [0.25, 0.3) is 0 Å². The lowest BCUT2D eigenvalue weighted by atomic mass is 10.1. The lowest BCUT2D eigenvalue weighted by Crippen LogP contribution is -2.14. The van der Waals surface area contributed by atoms with Gasteiger partial charge in [0.15, 0.2) is 0 Å². The number of hydrogen-bond donors (Lipinski definition) is 2. The van der Waals surface area contributed by atoms with Crippen molar-refractivity contribution in [3.8, 4) is 0 Å². The van der Waals surface area contributed by atoms with Crippen LogP contribution in [0, 0.1) is 22.0 Å². The van der Waals surface area contributed by atoms with E-state index in [9.17, 15) is 10.1 Å². The first-order valence-corrected chi connectivity index (χ1v) is 5.86. The van der Waals surface area contributed by atoms with Gasteiger partial charge in [0.2, 0.25) is 0 Å². The van der Waals surface area contributed by atoms with E-state index in [-0.39, 0.29) is 11.4 Å². The van der Waals surface area contributed by atoms with E-state index in [1.54, 1.807) is 18.2 Å². The van der Waals surface area contributed by atoms with Crippen molar-refractivity contribution in [2.45, 2.75) is 19.8 Å². The predicted octanol–water partition coefficient (Wildman–Crippen LogP) is 2.64. The summed E-state index contributed by atoms with van der Waals surface area (Å²) in [4.78, 5) is 10.5. The number of hydrogen-bond acceptors (Lipinski definition) is 4. The summed E-state index contributed by atoms with van der Waals surface area (Å²) in [6.07, 6.45) is 2.56. The van der Waals surface area contributed by atoms with Crippen LogP contribution in [0.1, 0.15) is 19.8 Å². The Bertz CT molecular complexity index is 430. The molecule has 0 amide bonds. The summed E-state index contributed by atoms with van der Waals surface area (Å²) >= 11 is 0. The second-order valence-electron chi connectivity index (χ2n) is 4.70. The maximum absolute atomic E-state index is 10.9. The molecule has 2 rings (SSSR count). The summed E-state index contributed by atoms with van der Waals surface area (Å²) in [5, 5.41) is 14.1. The minimum atomic E-state index is -0.431. The van der Waals surface area contributed by atoms with Crippen LogP contribution in [-0.4, -0.2) is 11.5 Å². The van der Waals surface area contributed by atoms with Crippen LogP contribution < -0.4 is 11.1 Å². The van der Waals surface area contributed by atoms with Crippen molar-refractivity contribution < 1.29 is 4.92 Å². The third kappa shape index (κ3) is 2.67. The van der Waals surface area contributed by atoms with Crippen LogP contribution >= 0.6 is 0 Å². The SMILES string of the molecule is CC(CNc1cccc(N)c1[N+](=O)[O-])C1CC1. The smallest absolute Gasteiger partial charge is 0.314 e. The molecule has 92 valence electrons. The van der Waals surface area contributed by atoms with Gasteiger partial charge in [-0.1, -0.05) is 13.0 Å². The van der Waals surface area contributed by atoms with Crippen molar-refractivity contribution in [3.63, 3.8) is 0 Å². The van der Waals surface area contributed by atoms with Crippen molar-refractivity contribution in [3.05, 3.63) is 28.3 Å². The average Bonchev–Trinajstić information content (AvgIpc) is 3.08. The van der Waals surface area contributed by atoms with Crippen LogP contribution in [0.15, 0.2) is 18.2 Å². The second-order valence-corrected chi connectivity index (χ2v) is 4.70. The topological polar surface area (TPSA) is 81.2 Å². The monoisotopic (exact) mass is 235 g/mol. The largest absolute Gasteiger partial charge is 0.393 e. The van der Waals surface area contributed by atoms with Crippen LogP contribution in [-0.2, 0) is 0 Å². The number of nitrogens with one attached hydrogen (secondary N) is 1. The quantitative estimate of drug-likeness (QED) is 0.467. The summed E-state index contributed by atoms with van der Waals surface area (Å²) in [5.74, 6) is 1.33. The van der Waals surface area contributed by atoms with Gasteiger partial charge in [0, 0.05) is 6.54 Å². The third-order valence-electron chi connectivity index (χ3n) is 3.29. The highest BCUT2D eigenvalue weighted by atomic mass is 16.6. The van der Waals surface area contributed by atoms with Crippen molar-refractivity contribution in [1.29, 1.82) is 0 Å². The molecule has 0 radical (unpaired) electrons. The summed E-state index contributed by atoms with van der Waals surface area (Å²) in [5.41, 5.74) is 6.32. The number of anilines is 2. The first kappa shape index (κ1) is 11.7. The molecule has 5 nitrogen and oxygen atoms in total. The highest BCUT2D eigenvalue weighted by Gasteiger charge is 2.28. The van der Waals surface area contributed by atoms with Crippen molar-refractivity contribution in [2.75, 3.05) is 17.6 Å². The minimum Gasteiger partial charge on any atom is -0.393 e. The molecule has 0 saturated heterocycles. The van der Waals surface area contributed by atoms with E-state index in [0.29, 0.717) is 11.6 Å². The molecule has 1 aromatic rings. The molecule has 1 aliphatic rings. The minimum absolute atomic E-state index is 0.0181. The van der Waals surface area contributed by atoms with Crippen LogP contribution in [0.5, 0.6) is 0 Å². The zero-order chi connectivity index (χ0) is 12.4. The maximum Gasteiger partial charge on any atom is 0.314 e. The molecular weight excluding hydrogens is 218 g/mol. The molecule has 3 N–H and O–H groups in total. The second kappa shape index (κ2) is 4.61. The Balaban J connectivity index is 2.08. The Hall–Kier alpha value is -1.78. The molecule has 1 atom stereocenters. The van der Waals surface area contributed by atoms with Gasteiger partial charge in [-0.3, -0.25) is 10.1 Å². The molecule has 17 heavy (non-hydrogen) atoms. The Morgan fingerprint density at radius 3 is 2.88 bits per heavy atom. The van der Waals surface area contributed by atoms with Crippen LogP contribution in [0.4, 0.5) is 17.1 Å². The fraction of sp³-hybridized carbons (Fsp3) is 0.500. The maximum atomic E-state index is 10.9. The lowest BCUT2D eigenvalue weighted by Gasteiger charge is -2.13. The van der Waals surface area contributed by atoms with Crippen molar-refractivity contribution >= 4 is 17.1 Å². The zero-order valence-corrected chi connectivity index (χ0v) is 9.85. The molecule has 0 bridgehead atoms. The molecular formula is C12H17N3O2. The predicted molar refractivity (Wildman–Crippen MR) is 67.9 cm³/mol. The van der Waals surface area contributed by atoms with E-state index in [0.717, 1.165) is 12.5 Å². The summed E-state index contributed by atoms with van der Waals surface area (Å²) < 4.78 is 0. The highest BCUT2D eigenvalue weighted by Crippen LogP contribution is 2.37. The van der Waals surface area contributed by atoms with E-state index >= 15 is 0 Å². The first-order valence-electron chi connectivity index (χ1n) is 5.86. The molecule has 1 saturated carbocycles. The average molecular weight is 235 g/mol. The summed E-state index contributed by atoms with van der Waals surface area (Å²) in [6, 6.07) is 4.98. The number of para-hydroxylation sites is 1. The van der Waals surface area contributed by atoms with Gasteiger partial charge < -0.3 is 11.1 Å². The van der Waals surface area contributed by atoms with Gasteiger partial charge in [-0.05, 0) is 36.8 Å². The van der Waals surface area contributed by atoms with Crippen LogP contribution in [0.2, 0.25) is 0 Å². The molecule has 0 aliphatic heterocycles. The summed E-state index contributed by atoms with van der Waals surface area (Å²) in [7, 11) is 0. The Labute approximate surface area is 100 Å². The molecule has 0 aromatic heterocycles. The summed E-state index contributed by atoms with van der Waals surface area (Å²) in [6.45, 7) is 2.93. The standard InChI is InChI=1S/C12H17N3O2/c1-8(9-5-6-9)7-14-11-4-2-3-10(13)12(11)15(16)17/h2-4,8-9,14H,5-7,13H2,1H3. The number of nitro benzene ring substituents is 1. The number of rotatable bonds is 5. The van der Waals surface area contributed by atoms with Crippen molar-refractivity contribution in [2.24, 2.45) is 11.8 Å². The van der Waals surface area contributed by atoms with E-state index in [1.165, 1.54) is 12.8 Å². The van der Waals surface area contributed by atoms with E-state index in [2.05, 4.69) is 12.2 Å². The number of nitrogen functional groups attached to an aromatic ring is 1. The van der Waals surface area contributed by atoms with Gasteiger partial charge in [0.05, 0.1) is 4.92 Å². The van der Waals surface area contributed by atoms with Gasteiger partial charge >= 0.3 is 5.69 Å². The van der Waals surface area contributed by atoms with Gasteiger partial charge in [-0.25, -0.2) is 0 Å². The molecule has 5 heteroatoms. The van der Waals surface area contributed by atoms with Gasteiger partial charge in [-0.2, -0.15) is 0 Å². The molecule has 0 spiro atoms. The Kier molecular flexibility index (Phi) is 3.17. The van der Waals surface area contributed by atoms with Crippen molar-refractivity contribution in [1.82, 2.24) is 0 Å². The highest BCUT2D eigenvalue weighted by molar-refractivity contribution is 5.74. The van der Waals surface area contributed by atoms with E-state index in [1.807, 2.05) is 0 Å². The molecule has 1 aliphatic carbocycles. The molecule has 1 unspecified atom stereocenters. The third-order valence-corrected chi connectivity index (χ3v) is 3.29. The van der Waals surface area contributed by atoms with Gasteiger partial charge in [0.25, 0.3) is 0 Å². The number of nitrogens with two attached hydrogens (primary N) is 1. The molecule has 0 heterocycles. The lowest BCUT2D eigenvalue weighted by molar-refractivity contribution is -0.383. The van der Waals surface area contributed by atoms with Crippen LogP contribution in [0.3, 0.4) is 0 Å². The molecule has 1 fully saturated rings. The zero-order valence-electron chi connectivity index (χ0n) is 9.85. The normalized spacial score (nSPS) is 16.5. The van der Waals surface area contributed by atoms with Gasteiger partial charge in [0.1, 0.15) is 11.4 Å². The number of nitro groups is 1. The molecule has 1 aromatic carbocycles. The number of nitrogens with zero attached hydrogens (tertiary/aromatic N) is 1. The van der Waals surface area contributed by atoms with E-state index in [4.69, 9.17) is 5.73 Å². The fourth-order valence-corrected chi connectivity index (χ4v) is 2.01. The Morgan fingerprint density at radius 1 is 1.59 bits per heavy atom. The van der Waals surface area contributed by atoms with E-state index < -0.39 is 4.92 Å². The Morgan fingerprint density at radius 2 is 2.29 bits per heavy atom. The first-order chi connectivity index (χ1) is 8.09. The number of benzene rings is 1. The fourth-order valence-electron chi connectivity index (χ4n) is 2.01. The van der Waals surface area contributed by atoms with Gasteiger partial charge in [-0.15, -0.1) is 0 Å².